The highest BCUT2D eigenvalue weighted by atomic mass is 79.9. The lowest BCUT2D eigenvalue weighted by molar-refractivity contribution is -0.0193. The van der Waals surface area contributed by atoms with E-state index in [2.05, 4.69) is 57.5 Å². The summed E-state index contributed by atoms with van der Waals surface area (Å²) in [5.41, 5.74) is 0.343. The molecule has 0 aliphatic rings. The monoisotopic (exact) mass is 264 g/mol. The van der Waals surface area contributed by atoms with Crippen LogP contribution in [0.3, 0.4) is 0 Å². The fraction of sp³-hybridized carbons (Fsp3) is 1.00. The minimum absolute atomic E-state index is 0.00972. The van der Waals surface area contributed by atoms with Gasteiger partial charge in [-0.3, -0.25) is 0 Å². The molecule has 0 aliphatic carbocycles. The van der Waals surface area contributed by atoms with Crippen LogP contribution in [0.4, 0.5) is 0 Å². The Morgan fingerprint density at radius 2 is 1.64 bits per heavy atom. The van der Waals surface area contributed by atoms with E-state index >= 15 is 0 Å². The summed E-state index contributed by atoms with van der Waals surface area (Å²) in [5.74, 6) is 0.686. The summed E-state index contributed by atoms with van der Waals surface area (Å²) in [5, 5.41) is 1.05. The molecule has 0 spiro atoms. The highest BCUT2D eigenvalue weighted by Crippen LogP contribution is 2.33. The number of hydrogen-bond acceptors (Lipinski definition) is 1. The van der Waals surface area contributed by atoms with Gasteiger partial charge < -0.3 is 4.74 Å². The van der Waals surface area contributed by atoms with Crippen LogP contribution in [0.25, 0.3) is 0 Å². The van der Waals surface area contributed by atoms with Gasteiger partial charge >= 0.3 is 0 Å². The molecule has 0 aliphatic heterocycles. The predicted molar refractivity (Wildman–Crippen MR) is 67.1 cm³/mol. The van der Waals surface area contributed by atoms with Crippen molar-refractivity contribution in [1.82, 2.24) is 0 Å². The lowest BCUT2D eigenvalue weighted by Gasteiger charge is -2.33. The molecule has 0 amide bonds. The molecule has 0 aromatic rings. The Morgan fingerprint density at radius 1 is 1.14 bits per heavy atom. The summed E-state index contributed by atoms with van der Waals surface area (Å²) in [4.78, 5) is 0. The highest BCUT2D eigenvalue weighted by molar-refractivity contribution is 9.09. The second kappa shape index (κ2) is 5.50. The van der Waals surface area contributed by atoms with Gasteiger partial charge in [0, 0.05) is 11.9 Å². The van der Waals surface area contributed by atoms with Crippen LogP contribution >= 0.6 is 15.9 Å². The van der Waals surface area contributed by atoms with Crippen LogP contribution in [-0.2, 0) is 4.74 Å². The van der Waals surface area contributed by atoms with Crippen molar-refractivity contribution in [3.63, 3.8) is 0 Å². The molecule has 0 N–H and O–H groups in total. The Hall–Kier alpha value is 0.440. The van der Waals surface area contributed by atoms with Gasteiger partial charge in [0.15, 0.2) is 0 Å². The molecule has 0 radical (unpaired) electrons. The van der Waals surface area contributed by atoms with Gasteiger partial charge in [-0.25, -0.2) is 0 Å². The molecule has 0 aromatic carbocycles. The van der Waals surface area contributed by atoms with Crippen LogP contribution < -0.4 is 0 Å². The van der Waals surface area contributed by atoms with Crippen molar-refractivity contribution in [2.24, 2.45) is 11.3 Å². The van der Waals surface area contributed by atoms with E-state index in [1.807, 2.05) is 0 Å². The second-order valence-electron chi connectivity index (χ2n) is 5.65. The third-order valence-corrected chi connectivity index (χ3v) is 4.19. The summed E-state index contributed by atoms with van der Waals surface area (Å²) in [6, 6.07) is 0. The summed E-state index contributed by atoms with van der Waals surface area (Å²) >= 11 is 3.60. The normalized spacial score (nSPS) is 17.1. The quantitative estimate of drug-likeness (QED) is 0.675. The largest absolute Gasteiger partial charge is 0.376 e. The SMILES string of the molecule is CC(C)C(C)(CBr)CCOC(C)(C)C. The third kappa shape index (κ3) is 5.35. The fourth-order valence-electron chi connectivity index (χ4n) is 1.10. The van der Waals surface area contributed by atoms with Crippen LogP contribution in [0.15, 0.2) is 0 Å². The maximum atomic E-state index is 5.76. The smallest absolute Gasteiger partial charge is 0.0598 e. The minimum atomic E-state index is -0.00972. The van der Waals surface area contributed by atoms with Gasteiger partial charge in [-0.05, 0) is 38.5 Å². The molecule has 0 saturated heterocycles. The zero-order valence-corrected chi connectivity index (χ0v) is 12.1. The summed E-state index contributed by atoms with van der Waals surface area (Å²) < 4.78 is 5.76. The molecule has 2 heteroatoms. The van der Waals surface area contributed by atoms with Gasteiger partial charge in [0.25, 0.3) is 0 Å². The summed E-state index contributed by atoms with van der Waals surface area (Å²) in [6.07, 6.45) is 1.12. The Labute approximate surface area is 97.7 Å². The maximum absolute atomic E-state index is 5.76. The topological polar surface area (TPSA) is 9.23 Å². The molecule has 86 valence electrons. The van der Waals surface area contributed by atoms with Crippen molar-refractivity contribution in [2.45, 2.75) is 53.6 Å². The van der Waals surface area contributed by atoms with E-state index in [0.29, 0.717) is 11.3 Å². The van der Waals surface area contributed by atoms with E-state index in [1.165, 1.54) is 0 Å². The molecular weight excluding hydrogens is 240 g/mol. The van der Waals surface area contributed by atoms with E-state index in [1.54, 1.807) is 0 Å². The van der Waals surface area contributed by atoms with Crippen molar-refractivity contribution in [3.05, 3.63) is 0 Å². The first-order valence-corrected chi connectivity index (χ1v) is 6.53. The first-order chi connectivity index (χ1) is 6.21. The predicted octanol–water partition coefficient (Wildman–Crippen LogP) is 4.25. The molecule has 1 unspecified atom stereocenters. The minimum Gasteiger partial charge on any atom is -0.376 e. The Kier molecular flexibility index (Phi) is 5.68. The van der Waals surface area contributed by atoms with E-state index in [0.717, 1.165) is 18.4 Å². The van der Waals surface area contributed by atoms with Crippen molar-refractivity contribution in [2.75, 3.05) is 11.9 Å². The Bertz CT molecular complexity index is 160. The molecule has 0 heterocycles. The molecule has 1 atom stereocenters. The van der Waals surface area contributed by atoms with E-state index in [-0.39, 0.29) is 5.60 Å². The lowest BCUT2D eigenvalue weighted by Crippen LogP contribution is -2.29. The van der Waals surface area contributed by atoms with Crippen LogP contribution in [0, 0.1) is 11.3 Å². The molecule has 0 bridgehead atoms. The standard InChI is InChI=1S/C12H25BrO/c1-10(2)12(6,9-13)7-8-14-11(3,4)5/h10H,7-9H2,1-6H3. The fourth-order valence-corrected chi connectivity index (χ4v) is 2.03. The average molecular weight is 265 g/mol. The first kappa shape index (κ1) is 14.4. The molecule has 0 aromatic heterocycles. The molecule has 0 rings (SSSR count). The number of rotatable bonds is 5. The summed E-state index contributed by atoms with van der Waals surface area (Å²) in [7, 11) is 0. The Balaban J connectivity index is 3.97. The molecule has 0 fully saturated rings. The molecule has 1 nitrogen and oxygen atoms in total. The van der Waals surface area contributed by atoms with Crippen molar-refractivity contribution < 1.29 is 4.74 Å². The zero-order chi connectivity index (χ0) is 11.4. The number of hydrogen-bond donors (Lipinski definition) is 0. The Morgan fingerprint density at radius 3 is 1.93 bits per heavy atom. The van der Waals surface area contributed by atoms with Gasteiger partial charge in [-0.2, -0.15) is 0 Å². The second-order valence-corrected chi connectivity index (χ2v) is 6.21. The zero-order valence-electron chi connectivity index (χ0n) is 10.5. The number of ether oxygens (including phenoxy) is 1. The summed E-state index contributed by atoms with van der Waals surface area (Å²) in [6.45, 7) is 14.0. The molecule has 14 heavy (non-hydrogen) atoms. The van der Waals surface area contributed by atoms with Crippen molar-refractivity contribution >= 4 is 15.9 Å². The van der Waals surface area contributed by atoms with Gasteiger partial charge in [0.2, 0.25) is 0 Å². The van der Waals surface area contributed by atoms with Crippen molar-refractivity contribution in [1.29, 1.82) is 0 Å². The van der Waals surface area contributed by atoms with Crippen LogP contribution in [0.1, 0.15) is 48.0 Å². The van der Waals surface area contributed by atoms with Crippen molar-refractivity contribution in [3.8, 4) is 0 Å². The van der Waals surface area contributed by atoms with Gasteiger partial charge in [0.1, 0.15) is 0 Å². The van der Waals surface area contributed by atoms with E-state index in [4.69, 9.17) is 4.74 Å². The number of alkyl halides is 1. The van der Waals surface area contributed by atoms with Crippen LogP contribution in [-0.4, -0.2) is 17.5 Å². The molecular formula is C12H25BrO. The highest BCUT2D eigenvalue weighted by Gasteiger charge is 2.27. The van der Waals surface area contributed by atoms with Crippen LogP contribution in [0.2, 0.25) is 0 Å². The van der Waals surface area contributed by atoms with Gasteiger partial charge in [-0.1, -0.05) is 36.7 Å². The van der Waals surface area contributed by atoms with Gasteiger partial charge in [0.05, 0.1) is 5.60 Å². The number of halogens is 1. The van der Waals surface area contributed by atoms with E-state index in [9.17, 15) is 0 Å². The average Bonchev–Trinajstić information content (AvgIpc) is 2.01. The molecule has 0 saturated carbocycles. The van der Waals surface area contributed by atoms with E-state index < -0.39 is 0 Å². The lowest BCUT2D eigenvalue weighted by atomic mass is 9.78. The third-order valence-electron chi connectivity index (χ3n) is 2.91. The van der Waals surface area contributed by atoms with Gasteiger partial charge in [-0.15, -0.1) is 0 Å². The first-order valence-electron chi connectivity index (χ1n) is 5.41. The van der Waals surface area contributed by atoms with Crippen LogP contribution in [0.5, 0.6) is 0 Å². The maximum Gasteiger partial charge on any atom is 0.0598 e.